The van der Waals surface area contributed by atoms with Crippen molar-refractivity contribution in [3.05, 3.63) is 0 Å². The number of methoxy groups -OCH3 is 1. The van der Waals surface area contributed by atoms with Gasteiger partial charge in [-0.3, -0.25) is 10.1 Å². The van der Waals surface area contributed by atoms with Gasteiger partial charge in [0.25, 0.3) is 0 Å². The Bertz CT molecular complexity index is 200. The fraction of sp³-hybridized carbons (Fsp3) is 0.889. The Morgan fingerprint density at radius 2 is 2.15 bits per heavy atom. The zero-order chi connectivity index (χ0) is 10.1. The number of nitrogens with one attached hydrogen (secondary N) is 1. The summed E-state index contributed by atoms with van der Waals surface area (Å²) in [6, 6.07) is -0.126. The molecule has 3 nitrogen and oxygen atoms in total. The predicted octanol–water partition coefficient (Wildman–Crippen LogP) is 1.24. The van der Waals surface area contributed by atoms with E-state index in [2.05, 4.69) is 30.8 Å². The van der Waals surface area contributed by atoms with E-state index in [0.717, 1.165) is 5.75 Å². The van der Waals surface area contributed by atoms with Gasteiger partial charge in [0.15, 0.2) is 0 Å². The molecule has 0 amide bonds. The minimum atomic E-state index is -0.153. The van der Waals surface area contributed by atoms with Crippen LogP contribution in [-0.4, -0.2) is 30.2 Å². The first-order valence-corrected chi connectivity index (χ1v) is 5.45. The van der Waals surface area contributed by atoms with Crippen molar-refractivity contribution in [1.29, 1.82) is 0 Å². The van der Waals surface area contributed by atoms with Gasteiger partial charge >= 0.3 is 5.97 Å². The van der Waals surface area contributed by atoms with Crippen LogP contribution in [-0.2, 0) is 9.53 Å². The van der Waals surface area contributed by atoms with Crippen molar-refractivity contribution in [3.8, 4) is 0 Å². The number of carbonyl (C=O) groups is 1. The molecule has 1 aliphatic heterocycles. The molecule has 1 fully saturated rings. The molecule has 0 aromatic carbocycles. The summed E-state index contributed by atoms with van der Waals surface area (Å²) in [5, 5.41) is 3.61. The molecule has 0 aliphatic carbocycles. The monoisotopic (exact) mass is 203 g/mol. The van der Waals surface area contributed by atoms with Gasteiger partial charge in [0.05, 0.1) is 12.5 Å². The van der Waals surface area contributed by atoms with Crippen LogP contribution in [0.25, 0.3) is 0 Å². The normalized spacial score (nSPS) is 28.9. The van der Waals surface area contributed by atoms with Crippen molar-refractivity contribution in [3.63, 3.8) is 0 Å². The van der Waals surface area contributed by atoms with Gasteiger partial charge in [-0.15, -0.1) is 11.8 Å². The molecule has 0 saturated carbocycles. The molecule has 1 unspecified atom stereocenters. The van der Waals surface area contributed by atoms with Crippen molar-refractivity contribution < 1.29 is 9.53 Å². The van der Waals surface area contributed by atoms with E-state index in [0.29, 0.717) is 5.37 Å². The number of thioether (sulfide) groups is 1. The SMILES string of the molecule is COC(=O)[C@H]1CSC(C(C)(C)C)N1. The van der Waals surface area contributed by atoms with Crippen LogP contribution in [0.15, 0.2) is 0 Å². The second-order valence-electron chi connectivity index (χ2n) is 4.32. The Kier molecular flexibility index (Phi) is 3.24. The maximum atomic E-state index is 11.2. The number of hydrogen-bond acceptors (Lipinski definition) is 4. The standard InChI is InChI=1S/C9H17NO2S/c1-9(2,3)8-10-6(5-13-8)7(11)12-4/h6,8,10H,5H2,1-4H3/t6-,8?/m1/s1. The highest BCUT2D eigenvalue weighted by Crippen LogP contribution is 2.33. The number of ether oxygens (including phenoxy) is 1. The van der Waals surface area contributed by atoms with Gasteiger partial charge in [0.2, 0.25) is 0 Å². The lowest BCUT2D eigenvalue weighted by atomic mass is 9.96. The van der Waals surface area contributed by atoms with Gasteiger partial charge in [0.1, 0.15) is 6.04 Å². The third kappa shape index (κ3) is 2.61. The Labute approximate surface area is 83.6 Å². The first kappa shape index (κ1) is 10.9. The highest BCUT2D eigenvalue weighted by atomic mass is 32.2. The molecule has 2 atom stereocenters. The van der Waals surface area contributed by atoms with Gasteiger partial charge in [0, 0.05) is 5.75 Å². The van der Waals surface area contributed by atoms with E-state index in [9.17, 15) is 4.79 Å². The molecule has 1 aliphatic rings. The summed E-state index contributed by atoms with van der Waals surface area (Å²) in [5.74, 6) is 0.661. The summed E-state index contributed by atoms with van der Waals surface area (Å²) in [5.41, 5.74) is 0.188. The van der Waals surface area contributed by atoms with Crippen molar-refractivity contribution >= 4 is 17.7 Å². The number of carbonyl (C=O) groups excluding carboxylic acids is 1. The van der Waals surface area contributed by atoms with E-state index in [1.165, 1.54) is 7.11 Å². The lowest BCUT2D eigenvalue weighted by Crippen LogP contribution is -2.42. The molecule has 0 spiro atoms. The van der Waals surface area contributed by atoms with E-state index in [4.69, 9.17) is 0 Å². The van der Waals surface area contributed by atoms with Crippen LogP contribution < -0.4 is 5.32 Å². The number of rotatable bonds is 1. The van der Waals surface area contributed by atoms with Crippen LogP contribution in [0, 0.1) is 5.41 Å². The van der Waals surface area contributed by atoms with E-state index in [1.807, 2.05) is 0 Å². The molecule has 0 aromatic heterocycles. The maximum Gasteiger partial charge on any atom is 0.323 e. The molecule has 0 bridgehead atoms. The third-order valence-electron chi connectivity index (χ3n) is 2.05. The topological polar surface area (TPSA) is 38.3 Å². The van der Waals surface area contributed by atoms with Crippen molar-refractivity contribution in [1.82, 2.24) is 5.32 Å². The summed E-state index contributed by atoms with van der Waals surface area (Å²) in [6.07, 6.45) is 0. The minimum Gasteiger partial charge on any atom is -0.468 e. The van der Waals surface area contributed by atoms with Crippen LogP contribution in [0.1, 0.15) is 20.8 Å². The van der Waals surface area contributed by atoms with Crippen LogP contribution in [0.5, 0.6) is 0 Å². The Balaban J connectivity index is 2.50. The van der Waals surface area contributed by atoms with E-state index >= 15 is 0 Å². The second-order valence-corrected chi connectivity index (χ2v) is 5.46. The summed E-state index contributed by atoms with van der Waals surface area (Å²) >= 11 is 1.79. The van der Waals surface area contributed by atoms with Gasteiger partial charge in [-0.2, -0.15) is 0 Å². The molecule has 4 heteroatoms. The van der Waals surface area contributed by atoms with E-state index in [-0.39, 0.29) is 17.4 Å². The Hall–Kier alpha value is -0.220. The maximum absolute atomic E-state index is 11.2. The zero-order valence-corrected chi connectivity index (χ0v) is 9.40. The van der Waals surface area contributed by atoms with Gasteiger partial charge in [-0.25, -0.2) is 0 Å². The molecule has 0 radical (unpaired) electrons. The van der Waals surface area contributed by atoms with Crippen molar-refractivity contribution in [2.45, 2.75) is 32.2 Å². The fourth-order valence-corrected chi connectivity index (χ4v) is 2.63. The molecule has 76 valence electrons. The quantitative estimate of drug-likeness (QED) is 0.651. The lowest BCUT2D eigenvalue weighted by molar-refractivity contribution is -0.142. The van der Waals surface area contributed by atoms with Crippen molar-refractivity contribution in [2.75, 3.05) is 12.9 Å². The van der Waals surface area contributed by atoms with Gasteiger partial charge in [-0.1, -0.05) is 20.8 Å². The molecule has 1 saturated heterocycles. The smallest absolute Gasteiger partial charge is 0.323 e. The van der Waals surface area contributed by atoms with Crippen molar-refractivity contribution in [2.24, 2.45) is 5.41 Å². The molecule has 13 heavy (non-hydrogen) atoms. The average molecular weight is 203 g/mol. The summed E-state index contributed by atoms with van der Waals surface area (Å²) in [4.78, 5) is 11.2. The number of esters is 1. The summed E-state index contributed by atoms with van der Waals surface area (Å²) in [6.45, 7) is 6.49. The minimum absolute atomic E-state index is 0.126. The van der Waals surface area contributed by atoms with Crippen LogP contribution in [0.2, 0.25) is 0 Å². The van der Waals surface area contributed by atoms with E-state index < -0.39 is 0 Å². The Morgan fingerprint density at radius 1 is 1.54 bits per heavy atom. The van der Waals surface area contributed by atoms with E-state index in [1.54, 1.807) is 11.8 Å². The average Bonchev–Trinajstić information content (AvgIpc) is 2.50. The second kappa shape index (κ2) is 3.88. The van der Waals surface area contributed by atoms with Gasteiger partial charge < -0.3 is 4.74 Å². The van der Waals surface area contributed by atoms with Crippen LogP contribution >= 0.6 is 11.8 Å². The predicted molar refractivity (Wildman–Crippen MR) is 54.6 cm³/mol. The third-order valence-corrected chi connectivity index (χ3v) is 3.76. The molecule has 1 heterocycles. The van der Waals surface area contributed by atoms with Gasteiger partial charge in [-0.05, 0) is 5.41 Å². The molecular weight excluding hydrogens is 186 g/mol. The highest BCUT2D eigenvalue weighted by molar-refractivity contribution is 8.00. The molecule has 1 rings (SSSR count). The number of hydrogen-bond donors (Lipinski definition) is 1. The zero-order valence-electron chi connectivity index (χ0n) is 8.59. The lowest BCUT2D eigenvalue weighted by Gasteiger charge is -2.26. The Morgan fingerprint density at radius 3 is 2.54 bits per heavy atom. The fourth-order valence-electron chi connectivity index (χ4n) is 1.25. The molecule has 1 N–H and O–H groups in total. The highest BCUT2D eigenvalue weighted by Gasteiger charge is 2.36. The summed E-state index contributed by atoms with van der Waals surface area (Å²) in [7, 11) is 1.43. The first-order valence-electron chi connectivity index (χ1n) is 4.40. The largest absolute Gasteiger partial charge is 0.468 e. The van der Waals surface area contributed by atoms with Crippen LogP contribution in [0.3, 0.4) is 0 Å². The molecule has 0 aromatic rings. The van der Waals surface area contributed by atoms with Crippen LogP contribution in [0.4, 0.5) is 0 Å². The molecular formula is C9H17NO2S. The summed E-state index contributed by atoms with van der Waals surface area (Å²) < 4.78 is 4.68. The first-order chi connectivity index (χ1) is 5.95.